The predicted molar refractivity (Wildman–Crippen MR) is 109 cm³/mol. The van der Waals surface area contributed by atoms with Gasteiger partial charge in [0.2, 0.25) is 15.9 Å². The molecule has 8 heteroatoms. The first-order chi connectivity index (χ1) is 13.3. The molecule has 1 amide bonds. The average molecular weight is 410 g/mol. The summed E-state index contributed by atoms with van der Waals surface area (Å²) < 4.78 is 32.7. The molecule has 2 aliphatic rings. The zero-order valence-corrected chi connectivity index (χ0v) is 17.8. The molecule has 2 heterocycles. The Hall–Kier alpha value is -1.48. The second kappa shape index (κ2) is 8.90. The molecule has 0 radical (unpaired) electrons. The van der Waals surface area contributed by atoms with Gasteiger partial charge < -0.3 is 10.1 Å². The lowest BCUT2D eigenvalue weighted by Crippen LogP contribution is -2.46. The van der Waals surface area contributed by atoms with Gasteiger partial charge in [0, 0.05) is 25.3 Å². The summed E-state index contributed by atoms with van der Waals surface area (Å²) in [6.07, 6.45) is 2.30. The Morgan fingerprint density at radius 3 is 2.64 bits per heavy atom. The number of hydrogen-bond acceptors (Lipinski definition) is 5. The highest BCUT2D eigenvalue weighted by Crippen LogP contribution is 2.25. The van der Waals surface area contributed by atoms with Crippen molar-refractivity contribution in [3.8, 4) is 0 Å². The van der Waals surface area contributed by atoms with E-state index in [4.69, 9.17) is 4.74 Å². The standard InChI is InChI=1S/C20H31N3O4S/c1-15-5-4-8-22(14-15)17(3)20(24)21-18-7-6-16(2)19(13-18)28(25,26)23-9-11-27-12-10-23/h6-7,13,15,17H,4-5,8-12,14H2,1-3H3,(H,21,24)/t15-,17-/m0/s1. The molecule has 0 bridgehead atoms. The van der Waals surface area contributed by atoms with Crippen molar-refractivity contribution in [3.05, 3.63) is 23.8 Å². The van der Waals surface area contributed by atoms with Crippen molar-refractivity contribution in [1.29, 1.82) is 0 Å². The van der Waals surface area contributed by atoms with Crippen LogP contribution in [-0.4, -0.2) is 69.0 Å². The minimum Gasteiger partial charge on any atom is -0.379 e. The predicted octanol–water partition coefficient (Wildman–Crippen LogP) is 2.07. The number of morpholine rings is 1. The van der Waals surface area contributed by atoms with Crippen LogP contribution in [-0.2, 0) is 19.6 Å². The molecule has 0 spiro atoms. The van der Waals surface area contributed by atoms with Gasteiger partial charge in [0.1, 0.15) is 0 Å². The van der Waals surface area contributed by atoms with Crippen LogP contribution in [0.25, 0.3) is 0 Å². The first kappa shape index (κ1) is 21.2. The lowest BCUT2D eigenvalue weighted by atomic mass is 9.99. The number of aryl methyl sites for hydroxylation is 1. The number of nitrogens with one attached hydrogen (secondary N) is 1. The number of carbonyl (C=O) groups is 1. The molecule has 1 N–H and O–H groups in total. The molecule has 0 aromatic heterocycles. The fourth-order valence-corrected chi connectivity index (χ4v) is 5.53. The Morgan fingerprint density at radius 1 is 1.25 bits per heavy atom. The van der Waals surface area contributed by atoms with E-state index < -0.39 is 10.0 Å². The number of likely N-dealkylation sites (tertiary alicyclic amines) is 1. The van der Waals surface area contributed by atoms with Crippen LogP contribution in [0.2, 0.25) is 0 Å². The van der Waals surface area contributed by atoms with Gasteiger partial charge in [-0.2, -0.15) is 4.31 Å². The number of sulfonamides is 1. The van der Waals surface area contributed by atoms with E-state index in [1.54, 1.807) is 25.1 Å². The SMILES string of the molecule is Cc1ccc(NC(=O)[C@H](C)N2CCC[C@H](C)C2)cc1S(=O)(=O)N1CCOCC1. The summed E-state index contributed by atoms with van der Waals surface area (Å²) in [6, 6.07) is 4.83. The Labute approximate surface area is 168 Å². The van der Waals surface area contributed by atoms with Crippen molar-refractivity contribution in [1.82, 2.24) is 9.21 Å². The molecule has 1 aromatic rings. The largest absolute Gasteiger partial charge is 0.379 e. The van der Waals surface area contributed by atoms with Crippen LogP contribution in [0.3, 0.4) is 0 Å². The fourth-order valence-electron chi connectivity index (χ4n) is 3.87. The van der Waals surface area contributed by atoms with Crippen LogP contribution in [0.1, 0.15) is 32.3 Å². The average Bonchev–Trinajstić information content (AvgIpc) is 2.69. The molecule has 7 nitrogen and oxygen atoms in total. The Morgan fingerprint density at radius 2 is 1.96 bits per heavy atom. The first-order valence-corrected chi connectivity index (χ1v) is 11.5. The highest BCUT2D eigenvalue weighted by atomic mass is 32.2. The number of nitrogens with zero attached hydrogens (tertiary/aromatic N) is 2. The molecule has 3 rings (SSSR count). The number of carbonyl (C=O) groups excluding carboxylic acids is 1. The summed E-state index contributed by atoms with van der Waals surface area (Å²) in [6.45, 7) is 9.23. The molecule has 1 aromatic carbocycles. The molecule has 28 heavy (non-hydrogen) atoms. The number of piperidine rings is 1. The Bertz CT molecular complexity index is 806. The summed E-state index contributed by atoms with van der Waals surface area (Å²) in [4.78, 5) is 15.2. The number of benzene rings is 1. The maximum atomic E-state index is 13.0. The molecule has 156 valence electrons. The second-order valence-electron chi connectivity index (χ2n) is 7.90. The van der Waals surface area contributed by atoms with E-state index in [2.05, 4.69) is 17.1 Å². The van der Waals surface area contributed by atoms with Crippen molar-refractivity contribution in [2.24, 2.45) is 5.92 Å². The zero-order chi connectivity index (χ0) is 20.3. The lowest BCUT2D eigenvalue weighted by Gasteiger charge is -2.34. The maximum absolute atomic E-state index is 13.0. The molecule has 2 atom stereocenters. The highest BCUT2D eigenvalue weighted by Gasteiger charge is 2.29. The van der Waals surface area contributed by atoms with Crippen LogP contribution >= 0.6 is 0 Å². The van der Waals surface area contributed by atoms with E-state index in [1.807, 2.05) is 6.92 Å². The number of amides is 1. The van der Waals surface area contributed by atoms with Gasteiger partial charge in [0.15, 0.2) is 0 Å². The minimum atomic E-state index is -3.61. The van der Waals surface area contributed by atoms with Crippen molar-refractivity contribution in [2.45, 2.75) is 44.6 Å². The number of ether oxygens (including phenoxy) is 1. The van der Waals surface area contributed by atoms with Crippen LogP contribution in [0, 0.1) is 12.8 Å². The molecule has 0 saturated carbocycles. The van der Waals surface area contributed by atoms with E-state index in [9.17, 15) is 13.2 Å². The molecule has 2 aliphatic heterocycles. The van der Waals surface area contributed by atoms with Crippen molar-refractivity contribution in [3.63, 3.8) is 0 Å². The monoisotopic (exact) mass is 409 g/mol. The normalized spacial score (nSPS) is 23.3. The first-order valence-electron chi connectivity index (χ1n) is 10.0. The minimum absolute atomic E-state index is 0.104. The molecule has 0 unspecified atom stereocenters. The van der Waals surface area contributed by atoms with Gasteiger partial charge in [-0.25, -0.2) is 8.42 Å². The van der Waals surface area contributed by atoms with Crippen molar-refractivity contribution in [2.75, 3.05) is 44.7 Å². The summed E-state index contributed by atoms with van der Waals surface area (Å²) in [5.74, 6) is 0.487. The molecule has 2 saturated heterocycles. The lowest BCUT2D eigenvalue weighted by molar-refractivity contribution is -0.121. The zero-order valence-electron chi connectivity index (χ0n) is 17.0. The van der Waals surface area contributed by atoms with Crippen LogP contribution in [0.15, 0.2) is 23.1 Å². The third kappa shape index (κ3) is 4.74. The Kier molecular flexibility index (Phi) is 6.75. The van der Waals surface area contributed by atoms with Crippen molar-refractivity contribution >= 4 is 21.6 Å². The van der Waals surface area contributed by atoms with E-state index in [-0.39, 0.29) is 16.8 Å². The van der Waals surface area contributed by atoms with Crippen LogP contribution in [0.5, 0.6) is 0 Å². The van der Waals surface area contributed by atoms with Gasteiger partial charge in [-0.15, -0.1) is 0 Å². The van der Waals surface area contributed by atoms with Gasteiger partial charge in [0.05, 0.1) is 24.2 Å². The topological polar surface area (TPSA) is 79.0 Å². The quantitative estimate of drug-likeness (QED) is 0.806. The molecule has 0 aliphatic carbocycles. The van der Waals surface area contributed by atoms with Crippen LogP contribution in [0.4, 0.5) is 5.69 Å². The molecule has 2 fully saturated rings. The van der Waals surface area contributed by atoms with Crippen molar-refractivity contribution < 1.29 is 17.9 Å². The Balaban J connectivity index is 1.74. The third-order valence-corrected chi connectivity index (χ3v) is 7.70. The third-order valence-electron chi connectivity index (χ3n) is 5.66. The summed E-state index contributed by atoms with van der Waals surface area (Å²) in [7, 11) is -3.61. The summed E-state index contributed by atoms with van der Waals surface area (Å²) in [5, 5.41) is 2.91. The second-order valence-corrected chi connectivity index (χ2v) is 9.81. The van der Waals surface area contributed by atoms with E-state index in [0.29, 0.717) is 43.5 Å². The number of rotatable bonds is 5. The van der Waals surface area contributed by atoms with Gasteiger partial charge in [0.25, 0.3) is 0 Å². The maximum Gasteiger partial charge on any atom is 0.243 e. The van der Waals surface area contributed by atoms with E-state index >= 15 is 0 Å². The highest BCUT2D eigenvalue weighted by molar-refractivity contribution is 7.89. The van der Waals surface area contributed by atoms with E-state index in [1.165, 1.54) is 10.7 Å². The summed E-state index contributed by atoms with van der Waals surface area (Å²) >= 11 is 0. The molecular formula is C20H31N3O4S. The molecular weight excluding hydrogens is 378 g/mol. The fraction of sp³-hybridized carbons (Fsp3) is 0.650. The van der Waals surface area contributed by atoms with E-state index in [0.717, 1.165) is 19.5 Å². The summed E-state index contributed by atoms with van der Waals surface area (Å²) in [5.41, 5.74) is 1.18. The smallest absolute Gasteiger partial charge is 0.243 e. The van der Waals surface area contributed by atoms with Gasteiger partial charge >= 0.3 is 0 Å². The van der Waals surface area contributed by atoms with Gasteiger partial charge in [-0.1, -0.05) is 13.0 Å². The number of hydrogen-bond donors (Lipinski definition) is 1. The van der Waals surface area contributed by atoms with Crippen LogP contribution < -0.4 is 5.32 Å². The van der Waals surface area contributed by atoms with Gasteiger partial charge in [-0.3, -0.25) is 9.69 Å². The van der Waals surface area contributed by atoms with Gasteiger partial charge in [-0.05, 0) is 56.8 Å². The number of anilines is 1.